The summed E-state index contributed by atoms with van der Waals surface area (Å²) in [6.07, 6.45) is 1.76. The van der Waals surface area contributed by atoms with E-state index < -0.39 is 11.9 Å². The molecule has 0 fully saturated rings. The van der Waals surface area contributed by atoms with Crippen molar-refractivity contribution in [3.8, 4) is 0 Å². The standard InChI is InChI=1S/C18H24N2O4/c1-12(2)14-8-5-7-13(11-22)16(14)18(24)20(4)15(9-6-10-21)17(23)19-3/h5,7-8,10-12,15H,6,9H2,1-4H3,(H,19,23). The average molecular weight is 332 g/mol. The number of hydrogen-bond donors (Lipinski definition) is 1. The van der Waals surface area contributed by atoms with E-state index in [1.807, 2.05) is 13.8 Å². The van der Waals surface area contributed by atoms with E-state index in [0.717, 1.165) is 5.56 Å². The molecule has 1 unspecified atom stereocenters. The summed E-state index contributed by atoms with van der Waals surface area (Å²) >= 11 is 0. The number of hydrogen-bond acceptors (Lipinski definition) is 4. The highest BCUT2D eigenvalue weighted by molar-refractivity contribution is 6.04. The lowest BCUT2D eigenvalue weighted by Crippen LogP contribution is -2.47. The number of rotatable bonds is 8. The maximum atomic E-state index is 13.0. The van der Waals surface area contributed by atoms with Crippen LogP contribution in [0, 0.1) is 0 Å². The van der Waals surface area contributed by atoms with Crippen LogP contribution in [-0.2, 0) is 9.59 Å². The van der Waals surface area contributed by atoms with Gasteiger partial charge in [-0.25, -0.2) is 0 Å². The largest absolute Gasteiger partial charge is 0.357 e. The van der Waals surface area contributed by atoms with Gasteiger partial charge in [-0.15, -0.1) is 0 Å². The molecule has 6 nitrogen and oxygen atoms in total. The molecule has 130 valence electrons. The van der Waals surface area contributed by atoms with Crippen LogP contribution in [0.5, 0.6) is 0 Å². The fourth-order valence-electron chi connectivity index (χ4n) is 2.63. The van der Waals surface area contributed by atoms with Gasteiger partial charge in [0.15, 0.2) is 6.29 Å². The summed E-state index contributed by atoms with van der Waals surface area (Å²) in [5.74, 6) is -0.700. The molecule has 0 aliphatic heterocycles. The Bertz CT molecular complexity index is 625. The van der Waals surface area contributed by atoms with Crippen LogP contribution in [0.1, 0.15) is 58.9 Å². The Morgan fingerprint density at radius 1 is 1.25 bits per heavy atom. The lowest BCUT2D eigenvalue weighted by Gasteiger charge is -2.28. The topological polar surface area (TPSA) is 83.6 Å². The second kappa shape index (κ2) is 8.96. The minimum Gasteiger partial charge on any atom is -0.357 e. The third kappa shape index (κ3) is 4.28. The zero-order chi connectivity index (χ0) is 18.3. The summed E-state index contributed by atoms with van der Waals surface area (Å²) in [6.45, 7) is 3.87. The quantitative estimate of drug-likeness (QED) is 0.736. The van der Waals surface area contributed by atoms with Crippen LogP contribution in [0.15, 0.2) is 18.2 Å². The summed E-state index contributed by atoms with van der Waals surface area (Å²) in [4.78, 5) is 48.4. The molecule has 0 saturated heterocycles. The number of nitrogens with zero attached hydrogens (tertiary/aromatic N) is 1. The first-order valence-electron chi connectivity index (χ1n) is 7.89. The fraction of sp³-hybridized carbons (Fsp3) is 0.444. The van der Waals surface area contributed by atoms with Crippen molar-refractivity contribution in [2.75, 3.05) is 14.1 Å². The predicted octanol–water partition coefficient (Wildman–Crippen LogP) is 1.79. The Labute approximate surface area is 142 Å². The molecular formula is C18H24N2O4. The number of benzene rings is 1. The molecule has 0 aliphatic rings. The van der Waals surface area contributed by atoms with Gasteiger partial charge in [-0.3, -0.25) is 14.4 Å². The lowest BCUT2D eigenvalue weighted by molar-refractivity contribution is -0.125. The minimum absolute atomic E-state index is 0.0469. The first-order chi connectivity index (χ1) is 11.4. The molecule has 1 aromatic rings. The van der Waals surface area contributed by atoms with E-state index in [4.69, 9.17) is 0 Å². The lowest BCUT2D eigenvalue weighted by atomic mass is 9.92. The molecule has 6 heteroatoms. The van der Waals surface area contributed by atoms with Crippen LogP contribution in [0.4, 0.5) is 0 Å². The van der Waals surface area contributed by atoms with Crippen molar-refractivity contribution in [1.29, 1.82) is 0 Å². The van der Waals surface area contributed by atoms with Crippen LogP contribution in [0.2, 0.25) is 0 Å². The monoisotopic (exact) mass is 332 g/mol. The van der Waals surface area contributed by atoms with E-state index in [-0.39, 0.29) is 24.7 Å². The number of likely N-dealkylation sites (N-methyl/N-ethyl adjacent to an activating group) is 2. The van der Waals surface area contributed by atoms with Gasteiger partial charge < -0.3 is 15.0 Å². The highest BCUT2D eigenvalue weighted by Gasteiger charge is 2.29. The summed E-state index contributed by atoms with van der Waals surface area (Å²) in [5.41, 5.74) is 1.36. The molecular weight excluding hydrogens is 308 g/mol. The molecule has 24 heavy (non-hydrogen) atoms. The Morgan fingerprint density at radius 3 is 2.42 bits per heavy atom. The van der Waals surface area contributed by atoms with E-state index in [1.165, 1.54) is 19.0 Å². The first kappa shape index (κ1) is 19.5. The molecule has 0 aromatic heterocycles. The van der Waals surface area contributed by atoms with Crippen molar-refractivity contribution in [3.05, 3.63) is 34.9 Å². The van der Waals surface area contributed by atoms with E-state index in [9.17, 15) is 19.2 Å². The third-order valence-corrected chi connectivity index (χ3v) is 3.99. The zero-order valence-electron chi connectivity index (χ0n) is 14.5. The van der Waals surface area contributed by atoms with Gasteiger partial charge in [-0.05, 0) is 17.9 Å². The molecule has 1 rings (SSSR count). The molecule has 2 amide bonds. The zero-order valence-corrected chi connectivity index (χ0v) is 14.5. The summed E-state index contributed by atoms with van der Waals surface area (Å²) in [7, 11) is 2.99. The molecule has 0 aliphatic carbocycles. The van der Waals surface area contributed by atoms with Crippen molar-refractivity contribution in [2.24, 2.45) is 0 Å². The van der Waals surface area contributed by atoms with Gasteiger partial charge in [0.25, 0.3) is 5.91 Å². The fourth-order valence-corrected chi connectivity index (χ4v) is 2.63. The Hall–Kier alpha value is -2.50. The van der Waals surface area contributed by atoms with E-state index >= 15 is 0 Å². The smallest absolute Gasteiger partial charge is 0.255 e. The third-order valence-electron chi connectivity index (χ3n) is 3.99. The van der Waals surface area contributed by atoms with Crippen LogP contribution in [-0.4, -0.2) is 49.4 Å². The van der Waals surface area contributed by atoms with Gasteiger partial charge in [-0.1, -0.05) is 32.0 Å². The van der Waals surface area contributed by atoms with Crippen LogP contribution in [0.3, 0.4) is 0 Å². The SMILES string of the molecule is CNC(=O)C(CCC=O)N(C)C(=O)c1c(C=O)cccc1C(C)C. The van der Waals surface area contributed by atoms with Crippen LogP contribution >= 0.6 is 0 Å². The van der Waals surface area contributed by atoms with Crippen molar-refractivity contribution in [3.63, 3.8) is 0 Å². The molecule has 1 atom stereocenters. The van der Waals surface area contributed by atoms with Crippen molar-refractivity contribution >= 4 is 24.4 Å². The van der Waals surface area contributed by atoms with Crippen LogP contribution in [0.25, 0.3) is 0 Å². The maximum Gasteiger partial charge on any atom is 0.255 e. The molecule has 0 radical (unpaired) electrons. The molecule has 0 heterocycles. The van der Waals surface area contributed by atoms with Gasteiger partial charge >= 0.3 is 0 Å². The summed E-state index contributed by atoms with van der Waals surface area (Å²) < 4.78 is 0. The minimum atomic E-state index is -0.771. The second-order valence-electron chi connectivity index (χ2n) is 5.87. The molecule has 0 spiro atoms. The van der Waals surface area contributed by atoms with Crippen molar-refractivity contribution in [1.82, 2.24) is 10.2 Å². The highest BCUT2D eigenvalue weighted by Crippen LogP contribution is 2.24. The predicted molar refractivity (Wildman–Crippen MR) is 91.2 cm³/mol. The van der Waals surface area contributed by atoms with Crippen LogP contribution < -0.4 is 5.32 Å². The normalized spacial score (nSPS) is 11.7. The number of carbonyl (C=O) groups excluding carboxylic acids is 4. The Kier molecular flexibility index (Phi) is 7.30. The first-order valence-corrected chi connectivity index (χ1v) is 7.89. The molecule has 1 aromatic carbocycles. The van der Waals surface area contributed by atoms with Gasteiger partial charge in [0.2, 0.25) is 5.91 Å². The van der Waals surface area contributed by atoms with E-state index in [0.29, 0.717) is 23.7 Å². The molecule has 0 bridgehead atoms. The summed E-state index contributed by atoms with van der Waals surface area (Å²) in [5, 5.41) is 2.51. The molecule has 0 saturated carbocycles. The highest BCUT2D eigenvalue weighted by atomic mass is 16.2. The van der Waals surface area contributed by atoms with Gasteiger partial charge in [0, 0.05) is 26.1 Å². The van der Waals surface area contributed by atoms with E-state index in [1.54, 1.807) is 18.2 Å². The number of carbonyl (C=O) groups is 4. The van der Waals surface area contributed by atoms with E-state index in [2.05, 4.69) is 5.32 Å². The van der Waals surface area contributed by atoms with Gasteiger partial charge in [0.05, 0.1) is 5.56 Å². The number of nitrogens with one attached hydrogen (secondary N) is 1. The summed E-state index contributed by atoms with van der Waals surface area (Å²) in [6, 6.07) is 4.35. The van der Waals surface area contributed by atoms with Crippen molar-refractivity contribution in [2.45, 2.75) is 38.6 Å². The average Bonchev–Trinajstić information content (AvgIpc) is 2.59. The van der Waals surface area contributed by atoms with Gasteiger partial charge in [0.1, 0.15) is 12.3 Å². The Morgan fingerprint density at radius 2 is 1.92 bits per heavy atom. The second-order valence-corrected chi connectivity index (χ2v) is 5.87. The maximum absolute atomic E-state index is 13.0. The van der Waals surface area contributed by atoms with Crippen molar-refractivity contribution < 1.29 is 19.2 Å². The van der Waals surface area contributed by atoms with Gasteiger partial charge in [-0.2, -0.15) is 0 Å². The number of amides is 2. The number of aldehydes is 2. The Balaban J connectivity index is 3.30. The molecule has 1 N–H and O–H groups in total.